The Kier molecular flexibility index (Phi) is 9.69. The molecule has 1 unspecified atom stereocenters. The maximum Gasteiger partial charge on any atom is 0.00717 e. The highest BCUT2D eigenvalue weighted by atomic mass is 32.2. The predicted molar refractivity (Wildman–Crippen MR) is 68.2 cm³/mol. The van der Waals surface area contributed by atoms with E-state index in [4.69, 9.17) is 0 Å². The maximum atomic E-state index is 4.21. The molecule has 0 aliphatic rings. The number of nitrogens with zero attached hydrogens (tertiary/aromatic N) is 1. The predicted octanol–water partition coefficient (Wildman–Crippen LogP) is 2.77. The van der Waals surface area contributed by atoms with Gasteiger partial charge in [0.25, 0.3) is 0 Å². The van der Waals surface area contributed by atoms with Crippen LogP contribution in [0.5, 0.6) is 0 Å². The van der Waals surface area contributed by atoms with E-state index < -0.39 is 0 Å². The first kappa shape index (κ1) is 13.7. The molecule has 0 fully saturated rings. The van der Waals surface area contributed by atoms with Crippen molar-refractivity contribution >= 4 is 24.4 Å². The minimum Gasteiger partial charge on any atom is -0.304 e. The van der Waals surface area contributed by atoms with E-state index in [9.17, 15) is 0 Å². The summed E-state index contributed by atoms with van der Waals surface area (Å²) in [4.78, 5) is 2.46. The van der Waals surface area contributed by atoms with Gasteiger partial charge in [-0.25, -0.2) is 0 Å². The van der Waals surface area contributed by atoms with Crippen molar-refractivity contribution in [1.29, 1.82) is 0 Å². The summed E-state index contributed by atoms with van der Waals surface area (Å²) in [7, 11) is 2.23. The van der Waals surface area contributed by atoms with Crippen molar-refractivity contribution in [3.8, 4) is 0 Å². The fraction of sp³-hybridized carbons (Fsp3) is 1.00. The average Bonchev–Trinajstić information content (AvgIpc) is 2.14. The van der Waals surface area contributed by atoms with E-state index in [0.717, 1.165) is 11.8 Å². The normalized spacial score (nSPS) is 13.6. The molecule has 0 heterocycles. The Hall–Kier alpha value is 0.660. The van der Waals surface area contributed by atoms with Crippen LogP contribution in [0.1, 0.15) is 26.2 Å². The molecule has 0 spiro atoms. The van der Waals surface area contributed by atoms with Crippen LogP contribution in [0, 0.1) is 0 Å². The van der Waals surface area contributed by atoms with E-state index in [-0.39, 0.29) is 0 Å². The van der Waals surface area contributed by atoms with Gasteiger partial charge in [-0.1, -0.05) is 0 Å². The minimum atomic E-state index is 0.729. The van der Waals surface area contributed by atoms with Gasteiger partial charge in [0.1, 0.15) is 0 Å². The Bertz CT molecular complexity index is 109. The van der Waals surface area contributed by atoms with E-state index in [2.05, 4.69) is 37.8 Å². The smallest absolute Gasteiger partial charge is 0.00717 e. The third-order valence-electron chi connectivity index (χ3n) is 2.41. The molecule has 0 rings (SSSR count). The van der Waals surface area contributed by atoms with Gasteiger partial charge in [-0.05, 0) is 57.5 Å². The molecular weight excluding hydrogens is 198 g/mol. The highest BCUT2D eigenvalue weighted by Gasteiger charge is 2.07. The summed E-state index contributed by atoms with van der Waals surface area (Å²) in [5.41, 5.74) is 0. The lowest BCUT2D eigenvalue weighted by Gasteiger charge is -2.24. The number of thioether (sulfide) groups is 1. The number of rotatable bonds is 8. The number of hydrogen-bond donors (Lipinski definition) is 1. The Morgan fingerprint density at radius 2 is 2.08 bits per heavy atom. The van der Waals surface area contributed by atoms with Crippen molar-refractivity contribution < 1.29 is 0 Å². The highest BCUT2D eigenvalue weighted by Crippen LogP contribution is 2.07. The Balaban J connectivity index is 3.38. The first-order chi connectivity index (χ1) is 6.22. The van der Waals surface area contributed by atoms with Gasteiger partial charge in [0.2, 0.25) is 0 Å². The molecule has 0 amide bonds. The van der Waals surface area contributed by atoms with Crippen molar-refractivity contribution in [1.82, 2.24) is 4.90 Å². The summed E-state index contributed by atoms with van der Waals surface area (Å²) in [6.07, 6.45) is 6.00. The lowest BCUT2D eigenvalue weighted by Crippen LogP contribution is -2.30. The van der Waals surface area contributed by atoms with E-state index in [1.807, 2.05) is 11.8 Å². The van der Waals surface area contributed by atoms with Crippen LogP contribution in [0.3, 0.4) is 0 Å². The maximum absolute atomic E-state index is 4.21. The van der Waals surface area contributed by atoms with Crippen molar-refractivity contribution in [3.63, 3.8) is 0 Å². The lowest BCUT2D eigenvalue weighted by molar-refractivity contribution is 0.250. The van der Waals surface area contributed by atoms with Gasteiger partial charge in [-0.2, -0.15) is 24.4 Å². The molecule has 13 heavy (non-hydrogen) atoms. The van der Waals surface area contributed by atoms with Gasteiger partial charge < -0.3 is 4.90 Å². The molecule has 0 aromatic heterocycles. The van der Waals surface area contributed by atoms with Crippen LogP contribution in [-0.4, -0.2) is 42.3 Å². The first-order valence-corrected chi connectivity index (χ1v) is 7.05. The molecule has 1 nitrogen and oxygen atoms in total. The molecule has 80 valence electrons. The van der Waals surface area contributed by atoms with Gasteiger partial charge in [0, 0.05) is 6.04 Å². The molecule has 1 atom stereocenters. The van der Waals surface area contributed by atoms with Crippen molar-refractivity contribution in [3.05, 3.63) is 0 Å². The van der Waals surface area contributed by atoms with E-state index in [0.29, 0.717) is 0 Å². The number of unbranched alkanes of at least 4 members (excludes halogenated alkanes) is 1. The van der Waals surface area contributed by atoms with Crippen LogP contribution in [-0.2, 0) is 0 Å². The summed E-state index contributed by atoms with van der Waals surface area (Å²) in [6, 6.07) is 0.729. The van der Waals surface area contributed by atoms with Gasteiger partial charge in [0.15, 0.2) is 0 Å². The van der Waals surface area contributed by atoms with Crippen LogP contribution in [0.25, 0.3) is 0 Å². The summed E-state index contributed by atoms with van der Waals surface area (Å²) < 4.78 is 0. The second-order valence-corrected chi connectivity index (χ2v) is 4.97. The zero-order valence-corrected chi connectivity index (χ0v) is 10.8. The number of hydrogen-bond acceptors (Lipinski definition) is 3. The molecule has 0 saturated carbocycles. The molecule has 0 bridgehead atoms. The Morgan fingerprint density at radius 1 is 1.38 bits per heavy atom. The summed E-state index contributed by atoms with van der Waals surface area (Å²) in [5, 5.41) is 0. The SMILES string of the molecule is CSCCC(C)N(C)CCCCS. The Labute approximate surface area is 93.1 Å². The average molecular weight is 221 g/mol. The van der Waals surface area contributed by atoms with Gasteiger partial charge in [-0.15, -0.1) is 0 Å². The second-order valence-electron chi connectivity index (χ2n) is 3.54. The molecule has 0 saturated heterocycles. The fourth-order valence-corrected chi connectivity index (χ4v) is 2.00. The molecule has 0 N–H and O–H groups in total. The monoisotopic (exact) mass is 221 g/mol. The van der Waals surface area contributed by atoms with Crippen molar-refractivity contribution in [2.45, 2.75) is 32.2 Å². The quantitative estimate of drug-likeness (QED) is 0.496. The third-order valence-corrected chi connectivity index (χ3v) is 3.37. The lowest BCUT2D eigenvalue weighted by atomic mass is 10.2. The number of thiol groups is 1. The fourth-order valence-electron chi connectivity index (χ4n) is 1.20. The van der Waals surface area contributed by atoms with Crippen LogP contribution in [0.4, 0.5) is 0 Å². The largest absolute Gasteiger partial charge is 0.304 e. The van der Waals surface area contributed by atoms with Crippen molar-refractivity contribution in [2.75, 3.05) is 31.4 Å². The molecule has 0 aromatic rings. The van der Waals surface area contributed by atoms with Gasteiger partial charge in [-0.3, -0.25) is 0 Å². The molecule has 0 aliphatic heterocycles. The van der Waals surface area contributed by atoms with Crippen LogP contribution < -0.4 is 0 Å². The molecular formula is C10H23NS2. The van der Waals surface area contributed by atoms with Crippen LogP contribution in [0.15, 0.2) is 0 Å². The van der Waals surface area contributed by atoms with Gasteiger partial charge in [0.05, 0.1) is 0 Å². The topological polar surface area (TPSA) is 3.24 Å². The summed E-state index contributed by atoms with van der Waals surface area (Å²) >= 11 is 6.15. The van der Waals surface area contributed by atoms with Crippen molar-refractivity contribution in [2.24, 2.45) is 0 Å². The van der Waals surface area contributed by atoms with Crippen LogP contribution >= 0.6 is 24.4 Å². The molecule has 0 aliphatic carbocycles. The minimum absolute atomic E-state index is 0.729. The van der Waals surface area contributed by atoms with E-state index in [1.165, 1.54) is 31.6 Å². The first-order valence-electron chi connectivity index (χ1n) is 5.02. The van der Waals surface area contributed by atoms with E-state index in [1.54, 1.807) is 0 Å². The molecule has 0 radical (unpaired) electrons. The second kappa shape index (κ2) is 9.22. The molecule has 3 heteroatoms. The Morgan fingerprint density at radius 3 is 2.62 bits per heavy atom. The zero-order valence-electron chi connectivity index (χ0n) is 9.12. The highest BCUT2D eigenvalue weighted by molar-refractivity contribution is 7.98. The molecule has 0 aromatic carbocycles. The third kappa shape index (κ3) is 7.71. The summed E-state index contributed by atoms with van der Waals surface area (Å²) in [5.74, 6) is 2.30. The standard InChI is InChI=1S/C10H23NS2/c1-10(6-9-13-3)11(2)7-4-5-8-12/h10,12H,4-9H2,1-3H3. The van der Waals surface area contributed by atoms with Gasteiger partial charge >= 0.3 is 0 Å². The summed E-state index contributed by atoms with van der Waals surface area (Å²) in [6.45, 7) is 3.53. The van der Waals surface area contributed by atoms with E-state index >= 15 is 0 Å². The zero-order chi connectivity index (χ0) is 10.1. The van der Waals surface area contributed by atoms with Crippen LogP contribution in [0.2, 0.25) is 0 Å².